The molecular formula is C23H21Cl2N5. The smallest absolute Gasteiger partial charge is 0.222 e. The van der Waals surface area contributed by atoms with Gasteiger partial charge in [0.15, 0.2) is 0 Å². The molecule has 1 aliphatic rings. The second-order valence-electron chi connectivity index (χ2n) is 7.45. The lowest BCUT2D eigenvalue weighted by molar-refractivity contribution is 0.433. The Morgan fingerprint density at radius 2 is 1.83 bits per heavy atom. The summed E-state index contributed by atoms with van der Waals surface area (Å²) in [5, 5.41) is 17.2. The van der Waals surface area contributed by atoms with Crippen molar-refractivity contribution >= 4 is 29.2 Å². The molecule has 0 spiro atoms. The largest absolute Gasteiger partial charge is 0.351 e. The molecular weight excluding hydrogens is 417 g/mol. The van der Waals surface area contributed by atoms with E-state index < -0.39 is 0 Å². The van der Waals surface area contributed by atoms with Crippen LogP contribution in [-0.4, -0.2) is 29.1 Å². The molecule has 30 heavy (non-hydrogen) atoms. The molecule has 7 heteroatoms. The van der Waals surface area contributed by atoms with Crippen LogP contribution in [0.3, 0.4) is 0 Å². The van der Waals surface area contributed by atoms with Crippen LogP contribution in [0.5, 0.6) is 0 Å². The van der Waals surface area contributed by atoms with Gasteiger partial charge in [0.1, 0.15) is 6.07 Å². The van der Waals surface area contributed by atoms with E-state index in [1.54, 1.807) is 0 Å². The Hall–Kier alpha value is -2.65. The lowest BCUT2D eigenvalue weighted by Crippen LogP contribution is -2.36. The van der Waals surface area contributed by atoms with E-state index in [1.165, 1.54) is 23.5 Å². The minimum Gasteiger partial charge on any atom is -0.351 e. The molecule has 1 aliphatic heterocycles. The molecule has 3 unspecified atom stereocenters. The SMILES string of the molecule is N#Cc1cnc(NC(Cc2ccccc2)C2CNCC2c2ccc(Cl)c(Cl)c2)nc1. The van der Waals surface area contributed by atoms with Gasteiger partial charge in [0, 0.05) is 25.0 Å². The molecule has 0 radical (unpaired) electrons. The summed E-state index contributed by atoms with van der Waals surface area (Å²) in [6.45, 7) is 1.73. The first-order valence-electron chi connectivity index (χ1n) is 9.82. The zero-order chi connectivity index (χ0) is 20.9. The van der Waals surface area contributed by atoms with Crippen LogP contribution < -0.4 is 10.6 Å². The molecule has 3 atom stereocenters. The number of hydrogen-bond donors (Lipinski definition) is 2. The molecule has 152 valence electrons. The first kappa shape index (κ1) is 20.6. The van der Waals surface area contributed by atoms with Gasteiger partial charge in [-0.05, 0) is 35.6 Å². The maximum Gasteiger partial charge on any atom is 0.222 e. The van der Waals surface area contributed by atoms with E-state index >= 15 is 0 Å². The number of rotatable bonds is 6. The van der Waals surface area contributed by atoms with Crippen molar-refractivity contribution < 1.29 is 0 Å². The summed E-state index contributed by atoms with van der Waals surface area (Å²) in [5.41, 5.74) is 2.85. The third-order valence-electron chi connectivity index (χ3n) is 5.54. The molecule has 2 N–H and O–H groups in total. The van der Waals surface area contributed by atoms with Crippen LogP contribution in [-0.2, 0) is 6.42 Å². The Balaban J connectivity index is 1.62. The fourth-order valence-corrected chi connectivity index (χ4v) is 4.34. The van der Waals surface area contributed by atoms with Crippen molar-refractivity contribution in [3.63, 3.8) is 0 Å². The lowest BCUT2D eigenvalue weighted by Gasteiger charge is -2.29. The molecule has 3 aromatic rings. The zero-order valence-corrected chi connectivity index (χ0v) is 17.7. The van der Waals surface area contributed by atoms with Crippen LogP contribution in [0.1, 0.15) is 22.6 Å². The van der Waals surface area contributed by atoms with Crippen molar-refractivity contribution in [2.24, 2.45) is 5.92 Å². The molecule has 4 rings (SSSR count). The van der Waals surface area contributed by atoms with Crippen molar-refractivity contribution in [1.29, 1.82) is 5.26 Å². The van der Waals surface area contributed by atoms with Gasteiger partial charge in [-0.2, -0.15) is 5.26 Å². The summed E-state index contributed by atoms with van der Waals surface area (Å²) >= 11 is 12.4. The highest BCUT2D eigenvalue weighted by atomic mass is 35.5. The van der Waals surface area contributed by atoms with Crippen molar-refractivity contribution in [2.75, 3.05) is 18.4 Å². The van der Waals surface area contributed by atoms with E-state index in [2.05, 4.69) is 44.9 Å². The molecule has 0 bridgehead atoms. The molecule has 1 aromatic heterocycles. The van der Waals surface area contributed by atoms with E-state index in [1.807, 2.05) is 30.3 Å². The standard InChI is InChI=1S/C23H21Cl2N5/c24-20-7-6-17(9-21(20)25)18-13-27-14-19(18)22(8-15-4-2-1-3-5-15)30-23-28-11-16(10-26)12-29-23/h1-7,9,11-12,18-19,22,27H,8,13-14H2,(H,28,29,30). The van der Waals surface area contributed by atoms with E-state index in [0.29, 0.717) is 27.5 Å². The quantitative estimate of drug-likeness (QED) is 0.585. The summed E-state index contributed by atoms with van der Waals surface area (Å²) < 4.78 is 0. The highest BCUT2D eigenvalue weighted by molar-refractivity contribution is 6.42. The van der Waals surface area contributed by atoms with E-state index in [-0.39, 0.29) is 12.0 Å². The Morgan fingerprint density at radius 3 is 2.53 bits per heavy atom. The van der Waals surface area contributed by atoms with Crippen LogP contribution in [0.25, 0.3) is 0 Å². The molecule has 1 fully saturated rings. The van der Waals surface area contributed by atoms with Crippen LogP contribution in [0.4, 0.5) is 5.95 Å². The van der Waals surface area contributed by atoms with E-state index in [0.717, 1.165) is 19.5 Å². The van der Waals surface area contributed by atoms with Crippen LogP contribution in [0.2, 0.25) is 10.0 Å². The number of anilines is 1. The van der Waals surface area contributed by atoms with Gasteiger partial charge >= 0.3 is 0 Å². The van der Waals surface area contributed by atoms with Crippen LogP contribution in [0, 0.1) is 17.2 Å². The Bertz CT molecular complexity index is 1030. The average Bonchev–Trinajstić information content (AvgIpc) is 3.26. The molecule has 2 heterocycles. The van der Waals surface area contributed by atoms with Crippen molar-refractivity contribution in [3.05, 3.63) is 87.7 Å². The van der Waals surface area contributed by atoms with Gasteiger partial charge < -0.3 is 10.6 Å². The zero-order valence-electron chi connectivity index (χ0n) is 16.2. The third-order valence-corrected chi connectivity index (χ3v) is 6.28. The van der Waals surface area contributed by atoms with E-state index in [9.17, 15) is 0 Å². The Morgan fingerprint density at radius 1 is 1.07 bits per heavy atom. The number of nitrogens with zero attached hydrogens (tertiary/aromatic N) is 3. The van der Waals surface area contributed by atoms with Crippen LogP contribution in [0.15, 0.2) is 60.9 Å². The van der Waals surface area contributed by atoms with E-state index in [4.69, 9.17) is 28.5 Å². The number of hydrogen-bond acceptors (Lipinski definition) is 5. The fourth-order valence-electron chi connectivity index (χ4n) is 4.03. The maximum atomic E-state index is 9.00. The number of nitriles is 1. The number of aromatic nitrogens is 2. The molecule has 0 aliphatic carbocycles. The Labute approximate surface area is 186 Å². The summed E-state index contributed by atoms with van der Waals surface area (Å²) in [7, 11) is 0. The highest BCUT2D eigenvalue weighted by Gasteiger charge is 2.35. The predicted octanol–water partition coefficient (Wildman–Crippen LogP) is 4.68. The van der Waals surface area contributed by atoms with Gasteiger partial charge in [-0.25, -0.2) is 9.97 Å². The second kappa shape index (κ2) is 9.44. The fraction of sp³-hybridized carbons (Fsp3) is 0.261. The van der Waals surface area contributed by atoms with Crippen molar-refractivity contribution in [1.82, 2.24) is 15.3 Å². The highest BCUT2D eigenvalue weighted by Crippen LogP contribution is 2.35. The summed E-state index contributed by atoms with van der Waals surface area (Å²) in [5.74, 6) is 1.09. The molecule has 1 saturated heterocycles. The van der Waals surface area contributed by atoms with Crippen LogP contribution >= 0.6 is 23.2 Å². The molecule has 5 nitrogen and oxygen atoms in total. The minimum atomic E-state index is 0.0924. The second-order valence-corrected chi connectivity index (χ2v) is 8.26. The van der Waals surface area contributed by atoms with Gasteiger partial charge in [0.05, 0.1) is 28.0 Å². The molecule has 2 aromatic carbocycles. The number of halogens is 2. The third kappa shape index (κ3) is 4.73. The summed E-state index contributed by atoms with van der Waals surface area (Å²) in [4.78, 5) is 8.64. The summed E-state index contributed by atoms with van der Waals surface area (Å²) in [6, 6.07) is 18.4. The average molecular weight is 438 g/mol. The Kier molecular flexibility index (Phi) is 6.49. The minimum absolute atomic E-state index is 0.0924. The van der Waals surface area contributed by atoms with Crippen molar-refractivity contribution in [2.45, 2.75) is 18.4 Å². The van der Waals surface area contributed by atoms with Gasteiger partial charge in [-0.1, -0.05) is 59.6 Å². The predicted molar refractivity (Wildman–Crippen MR) is 120 cm³/mol. The summed E-state index contributed by atoms with van der Waals surface area (Å²) in [6.07, 6.45) is 3.91. The number of benzene rings is 2. The van der Waals surface area contributed by atoms with Gasteiger partial charge in [-0.3, -0.25) is 0 Å². The monoisotopic (exact) mass is 437 g/mol. The molecule has 0 amide bonds. The first-order valence-corrected chi connectivity index (χ1v) is 10.6. The topological polar surface area (TPSA) is 73.6 Å². The van der Waals surface area contributed by atoms with Gasteiger partial charge in [0.25, 0.3) is 0 Å². The maximum absolute atomic E-state index is 9.00. The number of nitrogens with one attached hydrogen (secondary N) is 2. The van der Waals surface area contributed by atoms with Gasteiger partial charge in [-0.15, -0.1) is 0 Å². The lowest BCUT2D eigenvalue weighted by atomic mass is 9.81. The normalized spacial score (nSPS) is 19.2. The first-order chi connectivity index (χ1) is 14.6. The van der Waals surface area contributed by atoms with Crippen molar-refractivity contribution in [3.8, 4) is 6.07 Å². The molecule has 0 saturated carbocycles. The van der Waals surface area contributed by atoms with Gasteiger partial charge in [0.2, 0.25) is 5.95 Å².